The molecule has 1 aromatic carbocycles. The number of benzene rings is 1. The molecule has 0 amide bonds. The van der Waals surface area contributed by atoms with Crippen molar-refractivity contribution < 1.29 is 19.0 Å². The molecule has 2 rings (SSSR count). The summed E-state index contributed by atoms with van der Waals surface area (Å²) in [4.78, 5) is 13.7. The van der Waals surface area contributed by atoms with Gasteiger partial charge < -0.3 is 14.7 Å². The zero-order valence-electron chi connectivity index (χ0n) is 13.2. The lowest BCUT2D eigenvalue weighted by Crippen LogP contribution is -2.37. The Morgan fingerprint density at radius 3 is 2.73 bits per heavy atom. The summed E-state index contributed by atoms with van der Waals surface area (Å²) in [5.41, 5.74) is 1.30. The van der Waals surface area contributed by atoms with Gasteiger partial charge in [-0.05, 0) is 56.5 Å². The van der Waals surface area contributed by atoms with Gasteiger partial charge in [0.2, 0.25) is 0 Å². The van der Waals surface area contributed by atoms with E-state index >= 15 is 0 Å². The highest BCUT2D eigenvalue weighted by Gasteiger charge is 2.25. The van der Waals surface area contributed by atoms with Gasteiger partial charge in [-0.2, -0.15) is 0 Å². The third kappa shape index (κ3) is 4.27. The third-order valence-corrected chi connectivity index (χ3v) is 4.41. The van der Waals surface area contributed by atoms with Crippen LogP contribution in [0, 0.1) is 18.7 Å². The Morgan fingerprint density at radius 2 is 2.14 bits per heavy atom. The first-order valence-corrected chi connectivity index (χ1v) is 7.75. The summed E-state index contributed by atoms with van der Waals surface area (Å²) >= 11 is 0. The summed E-state index contributed by atoms with van der Waals surface area (Å²) in [7, 11) is 1.43. The second-order valence-electron chi connectivity index (χ2n) is 5.95. The summed E-state index contributed by atoms with van der Waals surface area (Å²) < 4.78 is 18.0. The van der Waals surface area contributed by atoms with Crippen molar-refractivity contribution in [1.82, 2.24) is 4.90 Å². The van der Waals surface area contributed by atoms with E-state index in [9.17, 15) is 14.3 Å². The number of aliphatic hydroxyl groups excluding tert-OH is 1. The van der Waals surface area contributed by atoms with Crippen LogP contribution < -0.4 is 0 Å². The maximum atomic E-state index is 13.2. The molecule has 1 aliphatic heterocycles. The molecule has 1 heterocycles. The van der Waals surface area contributed by atoms with Crippen LogP contribution in [0.25, 0.3) is 0 Å². The van der Waals surface area contributed by atoms with E-state index in [1.165, 1.54) is 13.2 Å². The number of likely N-dealkylation sites (tertiary alicyclic amines) is 1. The van der Waals surface area contributed by atoms with Crippen molar-refractivity contribution in [2.45, 2.75) is 32.3 Å². The number of esters is 1. The van der Waals surface area contributed by atoms with Crippen molar-refractivity contribution in [3.05, 3.63) is 35.1 Å². The molecule has 22 heavy (non-hydrogen) atoms. The van der Waals surface area contributed by atoms with Gasteiger partial charge in [0.15, 0.2) is 0 Å². The summed E-state index contributed by atoms with van der Waals surface area (Å²) in [5.74, 6) is -0.367. The van der Waals surface area contributed by atoms with Crippen molar-refractivity contribution in [3.63, 3.8) is 0 Å². The number of piperidine rings is 1. The van der Waals surface area contributed by atoms with Crippen LogP contribution in [-0.4, -0.2) is 42.7 Å². The Bertz CT molecular complexity index is 513. The Hall–Kier alpha value is -1.46. The van der Waals surface area contributed by atoms with E-state index in [2.05, 4.69) is 4.90 Å². The number of carbonyl (C=O) groups is 1. The van der Waals surface area contributed by atoms with E-state index in [4.69, 9.17) is 4.74 Å². The number of halogens is 1. The van der Waals surface area contributed by atoms with E-state index in [1.807, 2.05) is 0 Å². The fourth-order valence-electron chi connectivity index (χ4n) is 2.91. The summed E-state index contributed by atoms with van der Waals surface area (Å²) in [5, 5.41) is 10.2. The lowest BCUT2D eigenvalue weighted by Gasteiger charge is -2.31. The van der Waals surface area contributed by atoms with Crippen LogP contribution in [-0.2, 0) is 9.53 Å². The van der Waals surface area contributed by atoms with Crippen molar-refractivity contribution in [2.24, 2.45) is 5.92 Å². The molecule has 1 aliphatic rings. The SMILES string of the molecule is COC(=O)C1CCN(CCC(O)c2ccc(F)c(C)c2)CC1. The lowest BCUT2D eigenvalue weighted by atomic mass is 9.96. The van der Waals surface area contributed by atoms with Gasteiger partial charge in [-0.3, -0.25) is 4.79 Å². The molecule has 0 aromatic heterocycles. The van der Waals surface area contributed by atoms with Crippen molar-refractivity contribution in [2.75, 3.05) is 26.7 Å². The highest BCUT2D eigenvalue weighted by molar-refractivity contribution is 5.72. The van der Waals surface area contributed by atoms with Gasteiger partial charge in [0, 0.05) is 6.54 Å². The van der Waals surface area contributed by atoms with Gasteiger partial charge in [0.05, 0.1) is 19.1 Å². The molecule has 1 unspecified atom stereocenters. The van der Waals surface area contributed by atoms with Crippen LogP contribution in [0.2, 0.25) is 0 Å². The molecular formula is C17H24FNO3. The fourth-order valence-corrected chi connectivity index (χ4v) is 2.91. The Kier molecular flexibility index (Phi) is 5.91. The number of methoxy groups -OCH3 is 1. The number of aliphatic hydroxyl groups is 1. The number of hydrogen-bond donors (Lipinski definition) is 1. The number of nitrogens with zero attached hydrogens (tertiary/aromatic N) is 1. The molecule has 1 saturated heterocycles. The molecule has 0 radical (unpaired) electrons. The average Bonchev–Trinajstić information content (AvgIpc) is 2.54. The van der Waals surface area contributed by atoms with E-state index in [1.54, 1.807) is 19.1 Å². The Morgan fingerprint density at radius 1 is 1.45 bits per heavy atom. The molecule has 0 bridgehead atoms. The predicted octanol–water partition coefficient (Wildman–Crippen LogP) is 2.44. The lowest BCUT2D eigenvalue weighted by molar-refractivity contribution is -0.147. The topological polar surface area (TPSA) is 49.8 Å². The molecule has 122 valence electrons. The van der Waals surface area contributed by atoms with Crippen LogP contribution in [0.15, 0.2) is 18.2 Å². The highest BCUT2D eigenvalue weighted by atomic mass is 19.1. The molecule has 0 saturated carbocycles. The van der Waals surface area contributed by atoms with Gasteiger partial charge in [-0.1, -0.05) is 12.1 Å². The zero-order chi connectivity index (χ0) is 16.1. The summed E-state index contributed by atoms with van der Waals surface area (Å²) in [6, 6.07) is 4.73. The van der Waals surface area contributed by atoms with Gasteiger partial charge in [-0.15, -0.1) is 0 Å². The van der Waals surface area contributed by atoms with E-state index in [0.29, 0.717) is 12.0 Å². The molecule has 5 heteroatoms. The smallest absolute Gasteiger partial charge is 0.308 e. The van der Waals surface area contributed by atoms with Crippen molar-refractivity contribution in [3.8, 4) is 0 Å². The predicted molar refractivity (Wildman–Crippen MR) is 81.9 cm³/mol. The maximum Gasteiger partial charge on any atom is 0.308 e. The number of rotatable bonds is 5. The van der Waals surface area contributed by atoms with Crippen molar-refractivity contribution in [1.29, 1.82) is 0 Å². The molecular weight excluding hydrogens is 285 g/mol. The largest absolute Gasteiger partial charge is 0.469 e. The first kappa shape index (κ1) is 16.9. The average molecular weight is 309 g/mol. The first-order valence-electron chi connectivity index (χ1n) is 7.75. The van der Waals surface area contributed by atoms with Gasteiger partial charge in [-0.25, -0.2) is 4.39 Å². The second kappa shape index (κ2) is 7.70. The molecule has 1 aromatic rings. The highest BCUT2D eigenvalue weighted by Crippen LogP contribution is 2.22. The summed E-state index contributed by atoms with van der Waals surface area (Å²) in [6.07, 6.45) is 1.63. The second-order valence-corrected chi connectivity index (χ2v) is 5.95. The van der Waals surface area contributed by atoms with E-state index in [0.717, 1.165) is 38.0 Å². The van der Waals surface area contributed by atoms with Gasteiger partial charge >= 0.3 is 5.97 Å². The standard InChI is InChI=1S/C17H24FNO3/c1-12-11-14(3-4-15(12)18)16(20)7-10-19-8-5-13(6-9-19)17(21)22-2/h3-4,11,13,16,20H,5-10H2,1-2H3. The number of ether oxygens (including phenoxy) is 1. The Labute approximate surface area is 130 Å². The first-order chi connectivity index (χ1) is 10.5. The minimum atomic E-state index is -0.586. The Balaban J connectivity index is 1.78. The van der Waals surface area contributed by atoms with Crippen LogP contribution >= 0.6 is 0 Å². The van der Waals surface area contributed by atoms with Crippen LogP contribution in [0.3, 0.4) is 0 Å². The minimum Gasteiger partial charge on any atom is -0.469 e. The van der Waals surface area contributed by atoms with Crippen LogP contribution in [0.1, 0.15) is 36.5 Å². The quantitative estimate of drug-likeness (QED) is 0.849. The zero-order valence-corrected chi connectivity index (χ0v) is 13.2. The molecule has 0 spiro atoms. The van der Waals surface area contributed by atoms with Gasteiger partial charge in [0.1, 0.15) is 5.82 Å². The minimum absolute atomic E-state index is 0.00548. The molecule has 4 nitrogen and oxygen atoms in total. The summed E-state index contributed by atoms with van der Waals surface area (Å²) in [6.45, 7) is 4.15. The van der Waals surface area contributed by atoms with Gasteiger partial charge in [0.25, 0.3) is 0 Å². The van der Waals surface area contributed by atoms with E-state index < -0.39 is 6.10 Å². The number of carbonyl (C=O) groups excluding carboxylic acids is 1. The number of aryl methyl sites for hydroxylation is 1. The normalized spacial score (nSPS) is 18.2. The van der Waals surface area contributed by atoms with Crippen LogP contribution in [0.4, 0.5) is 4.39 Å². The molecule has 1 N–H and O–H groups in total. The van der Waals surface area contributed by atoms with Crippen molar-refractivity contribution >= 4 is 5.97 Å². The molecule has 1 fully saturated rings. The monoisotopic (exact) mass is 309 g/mol. The number of hydrogen-bond acceptors (Lipinski definition) is 4. The third-order valence-electron chi connectivity index (χ3n) is 4.41. The van der Waals surface area contributed by atoms with E-state index in [-0.39, 0.29) is 17.7 Å². The molecule has 1 atom stereocenters. The van der Waals surface area contributed by atoms with Crippen LogP contribution in [0.5, 0.6) is 0 Å². The maximum absolute atomic E-state index is 13.2. The fraction of sp³-hybridized carbons (Fsp3) is 0.588. The molecule has 0 aliphatic carbocycles.